The highest BCUT2D eigenvalue weighted by molar-refractivity contribution is 7.92. The van der Waals surface area contributed by atoms with Crippen LogP contribution >= 0.6 is 0 Å². The molecule has 4 nitrogen and oxygen atoms in total. The van der Waals surface area contributed by atoms with Crippen LogP contribution in [0.25, 0.3) is 6.08 Å². The summed E-state index contributed by atoms with van der Waals surface area (Å²) >= 11 is 0. The van der Waals surface area contributed by atoms with E-state index in [1.807, 2.05) is 0 Å². The van der Waals surface area contributed by atoms with Crippen molar-refractivity contribution >= 4 is 27.6 Å². The lowest BCUT2D eigenvalue weighted by molar-refractivity contribution is -0.112. The van der Waals surface area contributed by atoms with Crippen molar-refractivity contribution in [3.8, 4) is 0 Å². The Morgan fingerprint density at radius 2 is 1.94 bits per heavy atom. The first-order valence-electron chi connectivity index (χ1n) is 4.64. The van der Waals surface area contributed by atoms with Crippen molar-refractivity contribution in [1.82, 2.24) is 0 Å². The van der Waals surface area contributed by atoms with Gasteiger partial charge in [-0.05, 0) is 30.7 Å². The van der Waals surface area contributed by atoms with Crippen LogP contribution in [0.15, 0.2) is 30.3 Å². The van der Waals surface area contributed by atoms with Crippen LogP contribution < -0.4 is 4.72 Å². The second-order valence-electron chi connectivity index (χ2n) is 3.41. The van der Waals surface area contributed by atoms with Crippen LogP contribution in [0.1, 0.15) is 12.5 Å². The van der Waals surface area contributed by atoms with Crippen molar-refractivity contribution < 1.29 is 13.2 Å². The zero-order valence-corrected chi connectivity index (χ0v) is 9.91. The molecule has 0 unspecified atom stereocenters. The third-order valence-electron chi connectivity index (χ3n) is 1.75. The molecule has 0 aliphatic heterocycles. The van der Waals surface area contributed by atoms with Gasteiger partial charge in [-0.15, -0.1) is 0 Å². The van der Waals surface area contributed by atoms with Crippen molar-refractivity contribution in [2.45, 2.75) is 6.92 Å². The van der Waals surface area contributed by atoms with Gasteiger partial charge in [-0.2, -0.15) is 0 Å². The first kappa shape index (κ1) is 12.4. The minimum absolute atomic E-state index is 0.0887. The summed E-state index contributed by atoms with van der Waals surface area (Å²) < 4.78 is 24.6. The summed E-state index contributed by atoms with van der Waals surface area (Å²) in [6.07, 6.45) is 4.05. The molecule has 0 atom stereocenters. The Labute approximate surface area is 95.0 Å². The Kier molecular flexibility index (Phi) is 3.84. The summed E-state index contributed by atoms with van der Waals surface area (Å²) in [6, 6.07) is 6.86. The van der Waals surface area contributed by atoms with Crippen molar-refractivity contribution in [2.75, 3.05) is 11.0 Å². The first-order chi connectivity index (χ1) is 7.38. The van der Waals surface area contributed by atoms with E-state index < -0.39 is 10.0 Å². The molecule has 5 heteroatoms. The Morgan fingerprint density at radius 3 is 2.50 bits per heavy atom. The molecule has 0 radical (unpaired) electrons. The van der Waals surface area contributed by atoms with Gasteiger partial charge in [0, 0.05) is 0 Å². The van der Waals surface area contributed by atoms with E-state index in [4.69, 9.17) is 0 Å². The number of carbonyl (C=O) groups is 1. The van der Waals surface area contributed by atoms with E-state index in [9.17, 15) is 13.2 Å². The minimum atomic E-state index is -3.31. The van der Waals surface area contributed by atoms with Crippen LogP contribution in [-0.4, -0.2) is 20.5 Å². The Bertz CT molecular complexity index is 518. The number of carbonyl (C=O) groups excluding carboxylic acids is 1. The summed E-state index contributed by atoms with van der Waals surface area (Å²) in [6.45, 7) is 1.43. The van der Waals surface area contributed by atoms with Crippen LogP contribution in [0.4, 0.5) is 5.69 Å². The number of rotatable bonds is 4. The number of benzene rings is 1. The molecule has 1 N–H and O–H groups in total. The zero-order valence-electron chi connectivity index (χ0n) is 9.10. The molecule has 1 aromatic carbocycles. The van der Waals surface area contributed by atoms with Gasteiger partial charge in [-0.1, -0.05) is 18.2 Å². The van der Waals surface area contributed by atoms with Gasteiger partial charge in [0.15, 0.2) is 5.78 Å². The third-order valence-corrected chi connectivity index (χ3v) is 2.34. The zero-order chi connectivity index (χ0) is 12.2. The summed E-state index contributed by atoms with van der Waals surface area (Å²) in [5, 5.41) is 0. The minimum Gasteiger partial charge on any atom is -0.295 e. The standard InChI is InChI=1S/C11H13NO3S/c1-9(13)7-8-10-5-3-4-6-11(10)12-16(2,14)15/h3-8,12H,1-2H3/b8-7+. The maximum Gasteiger partial charge on any atom is 0.229 e. The van der Waals surface area contributed by atoms with E-state index in [-0.39, 0.29) is 5.78 Å². The molecule has 16 heavy (non-hydrogen) atoms. The van der Waals surface area contributed by atoms with Gasteiger partial charge in [-0.25, -0.2) is 8.42 Å². The Morgan fingerprint density at radius 1 is 1.31 bits per heavy atom. The van der Waals surface area contributed by atoms with Crippen LogP contribution in [-0.2, 0) is 14.8 Å². The smallest absolute Gasteiger partial charge is 0.229 e. The quantitative estimate of drug-likeness (QED) is 0.813. The highest BCUT2D eigenvalue weighted by Crippen LogP contribution is 2.17. The van der Waals surface area contributed by atoms with E-state index in [2.05, 4.69) is 4.72 Å². The molecule has 86 valence electrons. The lowest BCUT2D eigenvalue weighted by atomic mass is 10.1. The monoisotopic (exact) mass is 239 g/mol. The molecule has 0 fully saturated rings. The summed E-state index contributed by atoms with van der Waals surface area (Å²) in [7, 11) is -3.31. The van der Waals surface area contributed by atoms with E-state index in [1.165, 1.54) is 13.0 Å². The topological polar surface area (TPSA) is 63.2 Å². The molecule has 1 aromatic rings. The molecule has 0 saturated heterocycles. The van der Waals surface area contributed by atoms with Crippen molar-refractivity contribution in [1.29, 1.82) is 0 Å². The number of anilines is 1. The second-order valence-corrected chi connectivity index (χ2v) is 5.15. The molecule has 0 heterocycles. The molecule has 0 bridgehead atoms. The van der Waals surface area contributed by atoms with Crippen LogP contribution in [0.5, 0.6) is 0 Å². The van der Waals surface area contributed by atoms with Crippen molar-refractivity contribution in [3.05, 3.63) is 35.9 Å². The summed E-state index contributed by atoms with van der Waals surface area (Å²) in [5.41, 5.74) is 1.12. The molecule has 0 amide bonds. The number of nitrogens with one attached hydrogen (secondary N) is 1. The molecular weight excluding hydrogens is 226 g/mol. The van der Waals surface area contributed by atoms with Gasteiger partial charge < -0.3 is 0 Å². The third kappa shape index (κ3) is 4.27. The fourth-order valence-electron chi connectivity index (χ4n) is 1.14. The van der Waals surface area contributed by atoms with Crippen LogP contribution in [0.2, 0.25) is 0 Å². The maximum atomic E-state index is 11.1. The van der Waals surface area contributed by atoms with E-state index in [1.54, 1.807) is 30.3 Å². The molecule has 1 rings (SSSR count). The van der Waals surface area contributed by atoms with E-state index >= 15 is 0 Å². The number of sulfonamides is 1. The number of allylic oxidation sites excluding steroid dienone is 1. The number of hydrogen-bond donors (Lipinski definition) is 1. The van der Waals surface area contributed by atoms with E-state index in [0.717, 1.165) is 6.26 Å². The summed E-state index contributed by atoms with van der Waals surface area (Å²) in [5.74, 6) is -0.0887. The normalized spacial score (nSPS) is 11.6. The highest BCUT2D eigenvalue weighted by Gasteiger charge is 2.04. The molecule has 0 saturated carbocycles. The van der Waals surface area contributed by atoms with Gasteiger partial charge in [0.05, 0.1) is 11.9 Å². The number of hydrogen-bond acceptors (Lipinski definition) is 3. The molecule has 0 aliphatic carbocycles. The van der Waals surface area contributed by atoms with Crippen molar-refractivity contribution in [3.63, 3.8) is 0 Å². The average Bonchev–Trinajstić information content (AvgIpc) is 2.14. The SMILES string of the molecule is CC(=O)/C=C/c1ccccc1NS(C)(=O)=O. The molecule has 0 spiro atoms. The van der Waals surface area contributed by atoms with Crippen molar-refractivity contribution in [2.24, 2.45) is 0 Å². The molecule has 0 aliphatic rings. The lowest BCUT2D eigenvalue weighted by Gasteiger charge is -2.06. The molecular formula is C11H13NO3S. The van der Waals surface area contributed by atoms with Gasteiger partial charge in [-0.3, -0.25) is 9.52 Å². The first-order valence-corrected chi connectivity index (χ1v) is 6.53. The maximum absolute atomic E-state index is 11.1. The number of para-hydroxylation sites is 1. The predicted molar refractivity (Wildman–Crippen MR) is 64.6 cm³/mol. The Hall–Kier alpha value is -1.62. The number of ketones is 1. The average molecular weight is 239 g/mol. The second kappa shape index (κ2) is 4.94. The van der Waals surface area contributed by atoms with Gasteiger partial charge in [0.25, 0.3) is 0 Å². The Balaban J connectivity index is 3.05. The fraction of sp³-hybridized carbons (Fsp3) is 0.182. The van der Waals surface area contributed by atoms with Crippen LogP contribution in [0.3, 0.4) is 0 Å². The highest BCUT2D eigenvalue weighted by atomic mass is 32.2. The lowest BCUT2D eigenvalue weighted by Crippen LogP contribution is -2.10. The molecule has 0 aromatic heterocycles. The van der Waals surface area contributed by atoms with Gasteiger partial charge in [0.1, 0.15) is 0 Å². The fourth-order valence-corrected chi connectivity index (χ4v) is 1.73. The van der Waals surface area contributed by atoms with Crippen LogP contribution in [0, 0.1) is 0 Å². The predicted octanol–water partition coefficient (Wildman–Crippen LogP) is 1.66. The van der Waals surface area contributed by atoms with Gasteiger partial charge >= 0.3 is 0 Å². The largest absolute Gasteiger partial charge is 0.295 e. The van der Waals surface area contributed by atoms with Gasteiger partial charge in [0.2, 0.25) is 10.0 Å². The summed E-state index contributed by atoms with van der Waals surface area (Å²) in [4.78, 5) is 10.8. The van der Waals surface area contributed by atoms with E-state index in [0.29, 0.717) is 11.3 Å².